The quantitative estimate of drug-likeness (QED) is 0.778. The van der Waals surface area contributed by atoms with Crippen LogP contribution in [0.4, 0.5) is 0 Å². The van der Waals surface area contributed by atoms with Crippen molar-refractivity contribution in [1.82, 2.24) is 5.73 Å². The molecule has 0 aromatic heterocycles. The van der Waals surface area contributed by atoms with E-state index in [2.05, 4.69) is 31.9 Å². The standard InChI is InChI=1S/C7H4Br2NO/c8-5-3-1-2-4(6(5)9)7(10)11/h1-3,10H. The summed E-state index contributed by atoms with van der Waals surface area (Å²) in [5.74, 6) is -0.682. The fourth-order valence-electron chi connectivity index (χ4n) is 0.679. The zero-order valence-electron chi connectivity index (χ0n) is 5.40. The van der Waals surface area contributed by atoms with Crippen molar-refractivity contribution in [1.29, 1.82) is 0 Å². The maximum absolute atomic E-state index is 10.6. The van der Waals surface area contributed by atoms with Gasteiger partial charge in [-0.25, -0.2) is 0 Å². The molecule has 0 aliphatic rings. The highest BCUT2D eigenvalue weighted by Gasteiger charge is 2.07. The van der Waals surface area contributed by atoms with Crippen LogP contribution in [0.5, 0.6) is 0 Å². The van der Waals surface area contributed by atoms with Crippen LogP contribution in [0.2, 0.25) is 0 Å². The van der Waals surface area contributed by atoms with Crippen LogP contribution in [0.15, 0.2) is 27.1 Å². The van der Waals surface area contributed by atoms with Gasteiger partial charge in [-0.3, -0.25) is 10.5 Å². The largest absolute Gasteiger partial charge is 0.270 e. The van der Waals surface area contributed by atoms with E-state index < -0.39 is 5.91 Å². The third-order valence-electron chi connectivity index (χ3n) is 1.20. The van der Waals surface area contributed by atoms with Crippen LogP contribution in [0, 0.1) is 0 Å². The number of carbonyl (C=O) groups is 1. The Labute approximate surface area is 81.0 Å². The highest BCUT2D eigenvalue weighted by atomic mass is 79.9. The maximum atomic E-state index is 10.6. The van der Waals surface area contributed by atoms with Gasteiger partial charge in [0, 0.05) is 8.95 Å². The molecule has 1 radical (unpaired) electrons. The number of carbonyl (C=O) groups excluding carboxylic acids is 1. The van der Waals surface area contributed by atoms with Crippen LogP contribution >= 0.6 is 31.9 Å². The summed E-state index contributed by atoms with van der Waals surface area (Å²) in [6, 6.07) is 5.12. The molecule has 0 unspecified atom stereocenters. The molecular weight excluding hydrogens is 274 g/mol. The average molecular weight is 278 g/mol. The zero-order valence-corrected chi connectivity index (χ0v) is 8.57. The molecule has 0 aliphatic carbocycles. The Kier molecular flexibility index (Phi) is 2.67. The van der Waals surface area contributed by atoms with Crippen LogP contribution in [0.25, 0.3) is 0 Å². The zero-order chi connectivity index (χ0) is 8.43. The van der Waals surface area contributed by atoms with Gasteiger partial charge in [-0.2, -0.15) is 0 Å². The Hall–Kier alpha value is -0.350. The lowest BCUT2D eigenvalue weighted by molar-refractivity contribution is 0.0991. The van der Waals surface area contributed by atoms with Crippen molar-refractivity contribution in [2.75, 3.05) is 0 Å². The van der Waals surface area contributed by atoms with Crippen molar-refractivity contribution in [2.45, 2.75) is 0 Å². The van der Waals surface area contributed by atoms with Gasteiger partial charge in [0.25, 0.3) is 5.91 Å². The minimum Gasteiger partial charge on any atom is -0.267 e. The van der Waals surface area contributed by atoms with Crippen molar-refractivity contribution in [3.8, 4) is 0 Å². The van der Waals surface area contributed by atoms with Crippen molar-refractivity contribution in [3.63, 3.8) is 0 Å². The Morgan fingerprint density at radius 2 is 2.00 bits per heavy atom. The molecule has 11 heavy (non-hydrogen) atoms. The van der Waals surface area contributed by atoms with Gasteiger partial charge in [0.1, 0.15) is 0 Å². The lowest BCUT2D eigenvalue weighted by atomic mass is 10.2. The molecule has 2 nitrogen and oxygen atoms in total. The topological polar surface area (TPSA) is 40.9 Å². The van der Waals surface area contributed by atoms with Crippen LogP contribution in [0.1, 0.15) is 10.4 Å². The molecule has 1 amide bonds. The molecule has 0 heterocycles. The van der Waals surface area contributed by atoms with Crippen LogP contribution in [-0.2, 0) is 0 Å². The van der Waals surface area contributed by atoms with E-state index in [1.54, 1.807) is 18.2 Å². The van der Waals surface area contributed by atoms with Crippen molar-refractivity contribution < 1.29 is 4.79 Å². The summed E-state index contributed by atoms with van der Waals surface area (Å²) in [4.78, 5) is 10.6. The summed E-state index contributed by atoms with van der Waals surface area (Å²) in [6.45, 7) is 0. The lowest BCUT2D eigenvalue weighted by Crippen LogP contribution is -1.99. The second kappa shape index (κ2) is 3.36. The Balaban J connectivity index is 3.27. The molecule has 0 saturated carbocycles. The minimum atomic E-state index is -0.682. The molecule has 4 heteroatoms. The highest BCUT2D eigenvalue weighted by Crippen LogP contribution is 2.26. The fraction of sp³-hybridized carbons (Fsp3) is 0. The van der Waals surface area contributed by atoms with Crippen LogP contribution < -0.4 is 5.73 Å². The van der Waals surface area contributed by atoms with E-state index in [-0.39, 0.29) is 0 Å². The molecular formula is C7H4Br2NO. The Bertz CT molecular complexity index is 298. The molecule has 0 spiro atoms. The van der Waals surface area contributed by atoms with Gasteiger partial charge in [-0.1, -0.05) is 6.07 Å². The number of halogens is 2. The van der Waals surface area contributed by atoms with Crippen molar-refractivity contribution >= 4 is 37.8 Å². The summed E-state index contributed by atoms with van der Waals surface area (Å²) in [7, 11) is 0. The molecule has 57 valence electrons. The van der Waals surface area contributed by atoms with E-state index in [1.165, 1.54) is 0 Å². The number of hydrogen-bond acceptors (Lipinski definition) is 1. The summed E-state index contributed by atoms with van der Waals surface area (Å²) in [6.07, 6.45) is 0. The monoisotopic (exact) mass is 276 g/mol. The number of amides is 1. The van der Waals surface area contributed by atoms with Gasteiger partial charge in [-0.05, 0) is 44.0 Å². The van der Waals surface area contributed by atoms with Gasteiger partial charge in [0.2, 0.25) is 0 Å². The van der Waals surface area contributed by atoms with Crippen LogP contribution in [-0.4, -0.2) is 5.91 Å². The number of benzene rings is 1. The second-order valence-electron chi connectivity index (χ2n) is 1.93. The predicted molar refractivity (Wildman–Crippen MR) is 49.3 cm³/mol. The van der Waals surface area contributed by atoms with Gasteiger partial charge >= 0.3 is 0 Å². The lowest BCUT2D eigenvalue weighted by Gasteiger charge is -1.99. The molecule has 1 aromatic carbocycles. The summed E-state index contributed by atoms with van der Waals surface area (Å²) >= 11 is 6.42. The van der Waals surface area contributed by atoms with E-state index >= 15 is 0 Å². The molecule has 0 fully saturated rings. The molecule has 0 atom stereocenters. The molecule has 1 aromatic rings. The van der Waals surface area contributed by atoms with E-state index in [0.29, 0.717) is 10.0 Å². The third kappa shape index (κ3) is 1.81. The smallest absolute Gasteiger partial charge is 0.267 e. The normalized spacial score (nSPS) is 9.64. The summed E-state index contributed by atoms with van der Waals surface area (Å²) in [5, 5.41) is 0. The first kappa shape index (κ1) is 8.74. The molecule has 1 N–H and O–H groups in total. The van der Waals surface area contributed by atoms with Crippen molar-refractivity contribution in [3.05, 3.63) is 32.7 Å². The average Bonchev–Trinajstić information content (AvgIpc) is 1.94. The highest BCUT2D eigenvalue weighted by molar-refractivity contribution is 9.13. The van der Waals surface area contributed by atoms with Gasteiger partial charge in [0.05, 0.1) is 5.56 Å². The van der Waals surface area contributed by atoms with E-state index in [1.807, 2.05) is 0 Å². The first-order chi connectivity index (χ1) is 5.13. The molecule has 1 rings (SSSR count). The minimum absolute atomic E-state index is 0.374. The van der Waals surface area contributed by atoms with Crippen molar-refractivity contribution in [2.24, 2.45) is 0 Å². The van der Waals surface area contributed by atoms with E-state index in [0.717, 1.165) is 4.47 Å². The van der Waals surface area contributed by atoms with Gasteiger partial charge in [0.15, 0.2) is 0 Å². The first-order valence-corrected chi connectivity index (χ1v) is 4.41. The molecule has 0 bridgehead atoms. The summed E-state index contributed by atoms with van der Waals surface area (Å²) < 4.78 is 1.43. The fourth-order valence-corrected chi connectivity index (χ4v) is 1.49. The number of rotatable bonds is 1. The van der Waals surface area contributed by atoms with E-state index in [4.69, 9.17) is 5.73 Å². The maximum Gasteiger partial charge on any atom is 0.270 e. The van der Waals surface area contributed by atoms with Gasteiger partial charge in [-0.15, -0.1) is 0 Å². The van der Waals surface area contributed by atoms with Gasteiger partial charge < -0.3 is 0 Å². The third-order valence-corrected chi connectivity index (χ3v) is 3.24. The number of hydrogen-bond donors (Lipinski definition) is 0. The summed E-state index contributed by atoms with van der Waals surface area (Å²) in [5.41, 5.74) is 7.24. The second-order valence-corrected chi connectivity index (χ2v) is 3.58. The Morgan fingerprint density at radius 3 is 2.45 bits per heavy atom. The Morgan fingerprint density at radius 1 is 1.36 bits per heavy atom. The number of nitrogens with one attached hydrogen (secondary N) is 1. The predicted octanol–water partition coefficient (Wildman–Crippen LogP) is 2.63. The molecule has 0 aliphatic heterocycles. The SMILES string of the molecule is [NH]C(=O)c1cccc(Br)c1Br. The first-order valence-electron chi connectivity index (χ1n) is 2.83. The molecule has 0 saturated heterocycles. The van der Waals surface area contributed by atoms with Crippen LogP contribution in [0.3, 0.4) is 0 Å². The van der Waals surface area contributed by atoms with E-state index in [9.17, 15) is 4.79 Å².